The van der Waals surface area contributed by atoms with E-state index in [-0.39, 0.29) is 5.78 Å². The van der Waals surface area contributed by atoms with Crippen molar-refractivity contribution in [3.05, 3.63) is 71.6 Å². The van der Waals surface area contributed by atoms with Crippen molar-refractivity contribution in [1.29, 1.82) is 0 Å². The number of ketones is 1. The number of furan rings is 1. The quantitative estimate of drug-likeness (QED) is 0.252. The molecule has 29 heavy (non-hydrogen) atoms. The maximum Gasteiger partial charge on any atom is 0.173 e. The lowest BCUT2D eigenvalue weighted by Crippen LogP contribution is -2.03. The molecule has 0 radical (unpaired) electrons. The summed E-state index contributed by atoms with van der Waals surface area (Å²) in [5, 5.41) is 1.81. The number of carbonyl (C=O) groups excluding carboxylic acids is 1. The third-order valence-electron chi connectivity index (χ3n) is 5.02. The summed E-state index contributed by atoms with van der Waals surface area (Å²) in [5.41, 5.74) is 3.74. The van der Waals surface area contributed by atoms with Crippen LogP contribution in [-0.4, -0.2) is 33.2 Å². The van der Waals surface area contributed by atoms with Crippen LogP contribution in [0.5, 0.6) is 5.75 Å². The van der Waals surface area contributed by atoms with Gasteiger partial charge in [0.1, 0.15) is 28.5 Å². The van der Waals surface area contributed by atoms with Crippen LogP contribution >= 0.6 is 11.8 Å². The Hall–Kier alpha value is -3.06. The van der Waals surface area contributed by atoms with Gasteiger partial charge in [-0.25, -0.2) is 9.97 Å². The molecular formula is C22H21N3O3S. The lowest BCUT2D eigenvalue weighted by Gasteiger charge is -2.06. The summed E-state index contributed by atoms with van der Waals surface area (Å²) in [6.07, 6.45) is 3.23. The second-order valence-corrected chi connectivity index (χ2v) is 7.66. The number of nitrogens with zero attached hydrogens (tertiary/aromatic N) is 3. The van der Waals surface area contributed by atoms with Crippen LogP contribution in [0.15, 0.2) is 58.4 Å². The van der Waals surface area contributed by atoms with E-state index >= 15 is 0 Å². The summed E-state index contributed by atoms with van der Waals surface area (Å²) in [6.45, 7) is 4.74. The maximum absolute atomic E-state index is 12.6. The van der Waals surface area contributed by atoms with Gasteiger partial charge >= 0.3 is 0 Å². The summed E-state index contributed by atoms with van der Waals surface area (Å²) in [7, 11) is 1.61. The maximum atomic E-state index is 12.6. The number of thioether (sulfide) groups is 1. The van der Waals surface area contributed by atoms with Gasteiger partial charge in [0.15, 0.2) is 5.78 Å². The highest BCUT2D eigenvalue weighted by molar-refractivity contribution is 8.00. The molecule has 0 unspecified atom stereocenters. The Morgan fingerprint density at radius 1 is 1.17 bits per heavy atom. The fraction of sp³-hybridized carbons (Fsp3) is 0.227. The molecule has 0 aliphatic heterocycles. The van der Waals surface area contributed by atoms with Crippen LogP contribution in [-0.2, 0) is 6.54 Å². The summed E-state index contributed by atoms with van der Waals surface area (Å²) in [4.78, 5) is 21.6. The zero-order chi connectivity index (χ0) is 20.4. The lowest BCUT2D eigenvalue weighted by atomic mass is 10.1. The number of fused-ring (bicyclic) bond motifs is 1. The van der Waals surface area contributed by atoms with Crippen molar-refractivity contribution in [3.63, 3.8) is 0 Å². The molecule has 6 nitrogen and oxygen atoms in total. The highest BCUT2D eigenvalue weighted by atomic mass is 32.2. The highest BCUT2D eigenvalue weighted by Gasteiger charge is 2.18. The molecule has 0 aliphatic carbocycles. The SMILES string of the molecule is COc1ccc(C(=O)CSc2ncnc3c2c(C)c(C)n3Cc2ccco2)cc1. The van der Waals surface area contributed by atoms with Crippen molar-refractivity contribution in [3.8, 4) is 5.75 Å². The standard InChI is InChI=1S/C22H21N3O3S/c1-14-15(2)25(11-18-5-4-10-28-18)21-20(14)22(24-13-23-21)29-12-19(26)16-6-8-17(27-3)9-7-16/h4-10,13H,11-12H2,1-3H3. The Labute approximate surface area is 172 Å². The number of carbonyl (C=O) groups is 1. The molecule has 0 fully saturated rings. The zero-order valence-electron chi connectivity index (χ0n) is 16.5. The van der Waals surface area contributed by atoms with Crippen LogP contribution in [0.25, 0.3) is 11.0 Å². The predicted octanol–water partition coefficient (Wildman–Crippen LogP) is 4.67. The zero-order valence-corrected chi connectivity index (χ0v) is 17.3. The summed E-state index contributed by atoms with van der Waals surface area (Å²) < 4.78 is 12.8. The molecule has 0 saturated carbocycles. The Balaban J connectivity index is 1.60. The van der Waals surface area contributed by atoms with Crippen LogP contribution in [0.3, 0.4) is 0 Å². The number of aryl methyl sites for hydroxylation is 1. The molecule has 0 saturated heterocycles. The molecule has 1 aromatic carbocycles. The first kappa shape index (κ1) is 19.3. The van der Waals surface area contributed by atoms with Gasteiger partial charge in [-0.15, -0.1) is 0 Å². The first-order chi connectivity index (χ1) is 14.1. The molecule has 3 heterocycles. The molecule has 0 amide bonds. The van der Waals surface area contributed by atoms with Gasteiger partial charge in [0.2, 0.25) is 0 Å². The van der Waals surface area contributed by atoms with Crippen LogP contribution in [0.2, 0.25) is 0 Å². The molecule has 148 valence electrons. The monoisotopic (exact) mass is 407 g/mol. The number of methoxy groups -OCH3 is 1. The second kappa shape index (κ2) is 8.13. The smallest absolute Gasteiger partial charge is 0.173 e. The van der Waals surface area contributed by atoms with Gasteiger partial charge in [-0.2, -0.15) is 0 Å². The number of aromatic nitrogens is 3. The van der Waals surface area contributed by atoms with Gasteiger partial charge in [0.05, 0.1) is 31.1 Å². The third kappa shape index (κ3) is 3.78. The van der Waals surface area contributed by atoms with Gasteiger partial charge in [-0.05, 0) is 55.8 Å². The molecule has 0 bridgehead atoms. The molecule has 7 heteroatoms. The summed E-state index contributed by atoms with van der Waals surface area (Å²) in [6, 6.07) is 11.0. The third-order valence-corrected chi connectivity index (χ3v) is 6.01. The molecular weight excluding hydrogens is 386 g/mol. The van der Waals surface area contributed by atoms with Gasteiger partial charge < -0.3 is 13.7 Å². The van der Waals surface area contributed by atoms with Crippen LogP contribution in [0.4, 0.5) is 0 Å². The molecule has 0 spiro atoms. The average Bonchev–Trinajstić information content (AvgIpc) is 3.35. The fourth-order valence-corrected chi connectivity index (χ4v) is 4.24. The number of hydrogen-bond donors (Lipinski definition) is 0. The van der Waals surface area contributed by atoms with E-state index in [9.17, 15) is 4.79 Å². The summed E-state index contributed by atoms with van der Waals surface area (Å²) in [5.74, 6) is 1.96. The average molecular weight is 407 g/mol. The van der Waals surface area contributed by atoms with Crippen molar-refractivity contribution < 1.29 is 13.9 Å². The Morgan fingerprint density at radius 2 is 1.97 bits per heavy atom. The minimum Gasteiger partial charge on any atom is -0.497 e. The number of hydrogen-bond acceptors (Lipinski definition) is 6. The Bertz CT molecular complexity index is 1150. The predicted molar refractivity (Wildman–Crippen MR) is 113 cm³/mol. The van der Waals surface area contributed by atoms with Crippen LogP contribution in [0.1, 0.15) is 27.4 Å². The van der Waals surface area contributed by atoms with E-state index in [1.165, 1.54) is 11.8 Å². The number of benzene rings is 1. The molecule has 0 N–H and O–H groups in total. The van der Waals surface area contributed by atoms with Crippen molar-refractivity contribution in [1.82, 2.24) is 14.5 Å². The van der Waals surface area contributed by atoms with Gasteiger partial charge in [0, 0.05) is 11.3 Å². The molecule has 4 rings (SSSR count). The van der Waals surface area contributed by atoms with E-state index < -0.39 is 0 Å². The van der Waals surface area contributed by atoms with E-state index in [4.69, 9.17) is 9.15 Å². The minimum absolute atomic E-state index is 0.0498. The van der Waals surface area contributed by atoms with Crippen LogP contribution in [0, 0.1) is 13.8 Å². The highest BCUT2D eigenvalue weighted by Crippen LogP contribution is 2.32. The van der Waals surface area contributed by atoms with Gasteiger partial charge in [0.25, 0.3) is 0 Å². The van der Waals surface area contributed by atoms with Gasteiger partial charge in [-0.3, -0.25) is 4.79 Å². The van der Waals surface area contributed by atoms with Crippen molar-refractivity contribution in [2.75, 3.05) is 12.9 Å². The van der Waals surface area contributed by atoms with Gasteiger partial charge in [-0.1, -0.05) is 11.8 Å². The molecule has 4 aromatic rings. The van der Waals surface area contributed by atoms with E-state index in [0.29, 0.717) is 17.9 Å². The number of ether oxygens (including phenoxy) is 1. The Morgan fingerprint density at radius 3 is 2.66 bits per heavy atom. The van der Waals surface area contributed by atoms with E-state index in [1.807, 2.05) is 12.1 Å². The first-order valence-corrected chi connectivity index (χ1v) is 10.2. The normalized spacial score (nSPS) is 11.1. The topological polar surface area (TPSA) is 70.2 Å². The van der Waals surface area contributed by atoms with E-state index in [0.717, 1.165) is 38.8 Å². The number of rotatable bonds is 7. The van der Waals surface area contributed by atoms with E-state index in [2.05, 4.69) is 28.4 Å². The molecule has 0 atom stereocenters. The van der Waals surface area contributed by atoms with Crippen LogP contribution < -0.4 is 4.74 Å². The first-order valence-electron chi connectivity index (χ1n) is 9.21. The largest absolute Gasteiger partial charge is 0.497 e. The summed E-state index contributed by atoms with van der Waals surface area (Å²) >= 11 is 1.44. The number of Topliss-reactive ketones (excluding diaryl/α,β-unsaturated/α-hetero) is 1. The molecule has 0 aliphatic rings. The van der Waals surface area contributed by atoms with E-state index in [1.54, 1.807) is 44.0 Å². The fourth-order valence-electron chi connectivity index (χ4n) is 3.29. The molecule has 3 aromatic heterocycles. The van der Waals surface area contributed by atoms with Crippen molar-refractivity contribution >= 4 is 28.6 Å². The Kier molecular flexibility index (Phi) is 5.40. The minimum atomic E-state index is 0.0498. The lowest BCUT2D eigenvalue weighted by molar-refractivity contribution is 0.102. The van der Waals surface area contributed by atoms with Crippen molar-refractivity contribution in [2.24, 2.45) is 0 Å². The van der Waals surface area contributed by atoms with Crippen molar-refractivity contribution in [2.45, 2.75) is 25.4 Å². The second-order valence-electron chi connectivity index (χ2n) is 6.69.